The standard InChI is InChI=1S/C24H34N4O2SSi/c1-16-8-9-17(2)28(16)23-26-21-20(31-23)14-18(15-25-21)22(29)27-12-10-19(11-13-27)30-32(6,7)24(3,4)5/h8-9,14-15,19H,10-13H2,1-7H3. The Kier molecular flexibility index (Phi) is 6.07. The number of nitrogens with zero attached hydrogens (tertiary/aromatic N) is 4. The van der Waals surface area contributed by atoms with E-state index in [1.54, 1.807) is 17.5 Å². The molecule has 0 N–H and O–H groups in total. The third kappa shape index (κ3) is 4.40. The topological polar surface area (TPSA) is 60.2 Å². The molecule has 3 aromatic heterocycles. The lowest BCUT2D eigenvalue weighted by Crippen LogP contribution is -2.48. The van der Waals surface area contributed by atoms with Gasteiger partial charge in [0.1, 0.15) is 0 Å². The molecule has 0 aliphatic carbocycles. The highest BCUT2D eigenvalue weighted by molar-refractivity contribution is 7.20. The molecule has 172 valence electrons. The van der Waals surface area contributed by atoms with Crippen molar-refractivity contribution in [3.05, 3.63) is 41.3 Å². The third-order valence-electron chi connectivity index (χ3n) is 6.94. The minimum absolute atomic E-state index is 0.0495. The number of piperidine rings is 1. The van der Waals surface area contributed by atoms with Gasteiger partial charge in [0.25, 0.3) is 5.91 Å². The average molecular weight is 471 g/mol. The first kappa shape index (κ1) is 23.1. The molecule has 0 unspecified atom stereocenters. The molecular weight excluding hydrogens is 436 g/mol. The van der Waals surface area contributed by atoms with Crippen LogP contribution in [0.1, 0.15) is 55.4 Å². The Bertz CT molecular complexity index is 1120. The van der Waals surface area contributed by atoms with Crippen LogP contribution in [-0.4, -0.2) is 52.9 Å². The SMILES string of the molecule is Cc1ccc(C)n1-c1nc2ncc(C(=O)N3CCC(O[Si](C)(C)C(C)(C)C)CC3)cc2s1. The first-order valence-electron chi connectivity index (χ1n) is 11.4. The van der Waals surface area contributed by atoms with Crippen molar-refractivity contribution in [2.24, 2.45) is 0 Å². The summed E-state index contributed by atoms with van der Waals surface area (Å²) in [5.41, 5.74) is 3.61. The minimum Gasteiger partial charge on any atom is -0.414 e. The Morgan fingerprint density at radius 2 is 1.78 bits per heavy atom. The quantitative estimate of drug-likeness (QED) is 0.457. The number of carbonyl (C=O) groups is 1. The highest BCUT2D eigenvalue weighted by atomic mass is 32.1. The Balaban J connectivity index is 1.45. The van der Waals surface area contributed by atoms with E-state index in [-0.39, 0.29) is 17.0 Å². The fourth-order valence-electron chi connectivity index (χ4n) is 3.94. The van der Waals surface area contributed by atoms with E-state index in [1.165, 1.54) is 0 Å². The number of rotatable bonds is 4. The van der Waals surface area contributed by atoms with Crippen LogP contribution in [0.5, 0.6) is 0 Å². The second-order valence-electron chi connectivity index (χ2n) is 10.4. The van der Waals surface area contributed by atoms with Crippen molar-refractivity contribution in [3.8, 4) is 5.13 Å². The summed E-state index contributed by atoms with van der Waals surface area (Å²) in [5, 5.41) is 1.09. The normalized spacial score (nSPS) is 16.2. The van der Waals surface area contributed by atoms with Crippen molar-refractivity contribution in [1.82, 2.24) is 19.4 Å². The van der Waals surface area contributed by atoms with Crippen LogP contribution in [0.25, 0.3) is 15.5 Å². The smallest absolute Gasteiger partial charge is 0.255 e. The van der Waals surface area contributed by atoms with Gasteiger partial charge in [0.05, 0.1) is 10.3 Å². The highest BCUT2D eigenvalue weighted by Crippen LogP contribution is 2.38. The van der Waals surface area contributed by atoms with E-state index in [9.17, 15) is 4.79 Å². The summed E-state index contributed by atoms with van der Waals surface area (Å²) in [6, 6.07) is 6.11. The maximum Gasteiger partial charge on any atom is 0.255 e. The predicted molar refractivity (Wildman–Crippen MR) is 133 cm³/mol. The van der Waals surface area contributed by atoms with Crippen LogP contribution in [0, 0.1) is 13.8 Å². The number of pyridine rings is 1. The number of carbonyl (C=O) groups excluding carboxylic acids is 1. The lowest BCUT2D eigenvalue weighted by molar-refractivity contribution is 0.0570. The molecule has 6 nitrogen and oxygen atoms in total. The zero-order valence-corrected chi connectivity index (χ0v) is 22.0. The van der Waals surface area contributed by atoms with Crippen LogP contribution < -0.4 is 0 Å². The molecule has 1 aliphatic rings. The largest absolute Gasteiger partial charge is 0.414 e. The van der Waals surface area contributed by atoms with Gasteiger partial charge in [0.15, 0.2) is 19.1 Å². The predicted octanol–water partition coefficient (Wildman–Crippen LogP) is 5.73. The van der Waals surface area contributed by atoms with Gasteiger partial charge in [-0.25, -0.2) is 4.98 Å². The van der Waals surface area contributed by atoms with Crippen LogP contribution in [0.4, 0.5) is 0 Å². The van der Waals surface area contributed by atoms with Crippen LogP contribution >= 0.6 is 11.3 Å². The van der Waals surface area contributed by atoms with Gasteiger partial charge >= 0.3 is 0 Å². The second kappa shape index (κ2) is 8.39. The van der Waals surface area contributed by atoms with Gasteiger partial charge in [-0.1, -0.05) is 32.1 Å². The van der Waals surface area contributed by atoms with Crippen molar-refractivity contribution in [1.29, 1.82) is 0 Å². The maximum absolute atomic E-state index is 13.2. The van der Waals surface area contributed by atoms with Gasteiger partial charge in [-0.3, -0.25) is 9.36 Å². The third-order valence-corrected chi connectivity index (χ3v) is 12.5. The summed E-state index contributed by atoms with van der Waals surface area (Å²) < 4.78 is 9.64. The summed E-state index contributed by atoms with van der Waals surface area (Å²) in [6.45, 7) is 17.0. The molecule has 8 heteroatoms. The Hall–Kier alpha value is -2.03. The molecule has 0 aromatic carbocycles. The maximum atomic E-state index is 13.2. The summed E-state index contributed by atoms with van der Waals surface area (Å²) in [4.78, 5) is 24.3. The van der Waals surface area contributed by atoms with Gasteiger partial charge in [-0.05, 0) is 63.0 Å². The number of likely N-dealkylation sites (tertiary alicyclic amines) is 1. The fraction of sp³-hybridized carbons (Fsp3) is 0.542. The van der Waals surface area contributed by atoms with Crippen LogP contribution in [0.15, 0.2) is 24.4 Å². The Morgan fingerprint density at radius 1 is 1.16 bits per heavy atom. The average Bonchev–Trinajstić information content (AvgIpc) is 3.28. The van der Waals surface area contributed by atoms with Crippen LogP contribution in [-0.2, 0) is 4.43 Å². The van der Waals surface area contributed by atoms with Crippen molar-refractivity contribution in [2.45, 2.75) is 71.7 Å². The molecule has 1 aliphatic heterocycles. The van der Waals surface area contributed by atoms with E-state index in [0.29, 0.717) is 11.2 Å². The summed E-state index contributed by atoms with van der Waals surface area (Å²) in [5.74, 6) is 0.0495. The van der Waals surface area contributed by atoms with Gasteiger partial charge < -0.3 is 9.33 Å². The van der Waals surface area contributed by atoms with Gasteiger partial charge in [-0.15, -0.1) is 0 Å². The molecule has 4 rings (SSSR count). The minimum atomic E-state index is -1.79. The summed E-state index contributed by atoms with van der Waals surface area (Å²) in [7, 11) is -1.79. The second-order valence-corrected chi connectivity index (χ2v) is 16.1. The number of amides is 1. The fourth-order valence-corrected chi connectivity index (χ4v) is 6.45. The van der Waals surface area contributed by atoms with E-state index in [1.807, 2.05) is 11.0 Å². The Labute approximate surface area is 195 Å². The van der Waals surface area contributed by atoms with Crippen molar-refractivity contribution in [3.63, 3.8) is 0 Å². The zero-order valence-electron chi connectivity index (χ0n) is 20.2. The first-order chi connectivity index (χ1) is 15.0. The molecule has 4 heterocycles. The van der Waals surface area contributed by atoms with Crippen molar-refractivity contribution in [2.75, 3.05) is 13.1 Å². The molecular formula is C24H34N4O2SSi. The van der Waals surface area contributed by atoms with E-state index in [4.69, 9.17) is 4.43 Å². The lowest BCUT2D eigenvalue weighted by Gasteiger charge is -2.42. The van der Waals surface area contributed by atoms with Crippen LogP contribution in [0.3, 0.4) is 0 Å². The van der Waals surface area contributed by atoms with E-state index in [2.05, 4.69) is 74.4 Å². The molecule has 1 fully saturated rings. The number of aryl methyl sites for hydroxylation is 2. The molecule has 0 spiro atoms. The molecule has 0 atom stereocenters. The number of aromatic nitrogens is 3. The molecule has 0 radical (unpaired) electrons. The van der Waals surface area contributed by atoms with Crippen LogP contribution in [0.2, 0.25) is 18.1 Å². The first-order valence-corrected chi connectivity index (χ1v) is 15.1. The van der Waals surface area contributed by atoms with E-state index >= 15 is 0 Å². The number of hydrogen-bond donors (Lipinski definition) is 0. The molecule has 32 heavy (non-hydrogen) atoms. The van der Waals surface area contributed by atoms with E-state index in [0.717, 1.165) is 47.2 Å². The molecule has 1 amide bonds. The molecule has 0 saturated carbocycles. The summed E-state index contributed by atoms with van der Waals surface area (Å²) in [6.07, 6.45) is 3.70. The molecule has 1 saturated heterocycles. The zero-order chi connectivity index (χ0) is 23.3. The highest BCUT2D eigenvalue weighted by Gasteiger charge is 2.40. The number of hydrogen-bond acceptors (Lipinski definition) is 5. The number of thiazole rings is 1. The Morgan fingerprint density at radius 3 is 2.38 bits per heavy atom. The lowest BCUT2D eigenvalue weighted by atomic mass is 10.1. The van der Waals surface area contributed by atoms with Crippen molar-refractivity contribution >= 4 is 35.9 Å². The van der Waals surface area contributed by atoms with Gasteiger partial charge in [-0.2, -0.15) is 4.98 Å². The van der Waals surface area contributed by atoms with Gasteiger partial charge in [0, 0.05) is 36.8 Å². The number of fused-ring (bicyclic) bond motifs is 1. The van der Waals surface area contributed by atoms with Gasteiger partial charge in [0.2, 0.25) is 0 Å². The molecule has 3 aromatic rings. The molecule has 0 bridgehead atoms. The summed E-state index contributed by atoms with van der Waals surface area (Å²) >= 11 is 1.57. The van der Waals surface area contributed by atoms with E-state index < -0.39 is 8.32 Å². The van der Waals surface area contributed by atoms with Crippen molar-refractivity contribution < 1.29 is 9.22 Å². The monoisotopic (exact) mass is 470 g/mol.